The number of likely N-dealkylation sites (tertiary alicyclic amines) is 1. The van der Waals surface area contributed by atoms with E-state index in [2.05, 4.69) is 10.6 Å². The summed E-state index contributed by atoms with van der Waals surface area (Å²) in [4.78, 5) is 26.9. The average Bonchev–Trinajstić information content (AvgIpc) is 3.29. The Morgan fingerprint density at radius 1 is 0.900 bits per heavy atom. The standard InChI is InChI=1S/C23H23N3O3S/c27-22(17-12-14-26(15-13-17)23(28)25-21-11-6-16-30-21)24-19-9-4-5-10-20(19)29-18-7-2-1-3-8-18/h1-11,16-17H,12-15H2,(H,24,27)(H,25,28). The van der Waals surface area contributed by atoms with Gasteiger partial charge in [0.15, 0.2) is 5.75 Å². The Bertz CT molecular complexity index is 984. The van der Waals surface area contributed by atoms with Gasteiger partial charge in [0.25, 0.3) is 0 Å². The molecule has 2 heterocycles. The van der Waals surface area contributed by atoms with Crippen molar-refractivity contribution in [2.75, 3.05) is 23.7 Å². The van der Waals surface area contributed by atoms with Crippen LogP contribution in [-0.2, 0) is 4.79 Å². The van der Waals surface area contributed by atoms with Crippen molar-refractivity contribution >= 4 is 34.0 Å². The van der Waals surface area contributed by atoms with Gasteiger partial charge in [0.05, 0.1) is 10.7 Å². The average molecular weight is 422 g/mol. The molecule has 154 valence electrons. The summed E-state index contributed by atoms with van der Waals surface area (Å²) in [5.74, 6) is 1.13. The Morgan fingerprint density at radius 2 is 1.63 bits per heavy atom. The molecule has 1 aliphatic heterocycles. The molecule has 2 N–H and O–H groups in total. The van der Waals surface area contributed by atoms with Gasteiger partial charge in [-0.1, -0.05) is 30.3 Å². The zero-order valence-electron chi connectivity index (χ0n) is 16.4. The number of nitrogens with zero attached hydrogens (tertiary/aromatic N) is 1. The summed E-state index contributed by atoms with van der Waals surface area (Å²) in [6.45, 7) is 1.11. The van der Waals surface area contributed by atoms with Crippen molar-refractivity contribution in [3.8, 4) is 11.5 Å². The number of thiophene rings is 1. The van der Waals surface area contributed by atoms with Crippen LogP contribution in [0.5, 0.6) is 11.5 Å². The van der Waals surface area contributed by atoms with E-state index in [9.17, 15) is 9.59 Å². The van der Waals surface area contributed by atoms with Crippen LogP contribution in [0.1, 0.15) is 12.8 Å². The number of piperidine rings is 1. The summed E-state index contributed by atoms with van der Waals surface area (Å²) < 4.78 is 5.92. The number of hydrogen-bond acceptors (Lipinski definition) is 4. The Kier molecular flexibility index (Phi) is 6.29. The Labute approximate surface area is 179 Å². The number of rotatable bonds is 5. The van der Waals surface area contributed by atoms with Crippen molar-refractivity contribution in [1.29, 1.82) is 0 Å². The molecule has 1 fully saturated rings. The van der Waals surface area contributed by atoms with Gasteiger partial charge in [-0.2, -0.15) is 0 Å². The molecule has 0 bridgehead atoms. The quantitative estimate of drug-likeness (QED) is 0.578. The van der Waals surface area contributed by atoms with Gasteiger partial charge in [-0.3, -0.25) is 10.1 Å². The Morgan fingerprint density at radius 3 is 2.37 bits per heavy atom. The molecule has 0 aliphatic carbocycles. The highest BCUT2D eigenvalue weighted by atomic mass is 32.1. The summed E-state index contributed by atoms with van der Waals surface area (Å²) in [6.07, 6.45) is 1.26. The van der Waals surface area contributed by atoms with E-state index in [0.29, 0.717) is 43.1 Å². The van der Waals surface area contributed by atoms with Crippen LogP contribution in [0.15, 0.2) is 72.1 Å². The molecule has 7 heteroatoms. The van der Waals surface area contributed by atoms with Crippen LogP contribution < -0.4 is 15.4 Å². The van der Waals surface area contributed by atoms with Crippen LogP contribution in [0.4, 0.5) is 15.5 Å². The number of amides is 3. The number of hydrogen-bond donors (Lipinski definition) is 2. The summed E-state index contributed by atoms with van der Waals surface area (Å²) in [5.41, 5.74) is 0.643. The maximum atomic E-state index is 12.8. The van der Waals surface area contributed by atoms with Gasteiger partial charge < -0.3 is 15.0 Å². The van der Waals surface area contributed by atoms with Crippen molar-refractivity contribution in [2.24, 2.45) is 5.92 Å². The summed E-state index contributed by atoms with van der Waals surface area (Å²) in [6, 6.07) is 20.5. The summed E-state index contributed by atoms with van der Waals surface area (Å²) >= 11 is 1.49. The number of benzene rings is 2. The van der Waals surface area contributed by atoms with E-state index in [1.54, 1.807) is 4.90 Å². The molecule has 3 amide bonds. The minimum absolute atomic E-state index is 0.0440. The highest BCUT2D eigenvalue weighted by molar-refractivity contribution is 7.14. The molecule has 2 aromatic carbocycles. The van der Waals surface area contributed by atoms with Crippen molar-refractivity contribution in [3.63, 3.8) is 0 Å². The second-order valence-corrected chi connectivity index (χ2v) is 8.02. The highest BCUT2D eigenvalue weighted by Gasteiger charge is 2.28. The molecule has 6 nitrogen and oxygen atoms in total. The number of carbonyl (C=O) groups excluding carboxylic acids is 2. The van der Waals surface area contributed by atoms with Crippen molar-refractivity contribution < 1.29 is 14.3 Å². The maximum absolute atomic E-state index is 12.8. The SMILES string of the molecule is O=C(Nc1ccccc1Oc1ccccc1)C1CCN(C(=O)Nc2cccs2)CC1. The van der Waals surface area contributed by atoms with E-state index in [1.165, 1.54) is 11.3 Å². The Hall–Kier alpha value is -3.32. The lowest BCUT2D eigenvalue weighted by Gasteiger charge is -2.31. The summed E-state index contributed by atoms with van der Waals surface area (Å²) in [5, 5.41) is 8.64. The molecule has 1 aliphatic rings. The van der Waals surface area contributed by atoms with E-state index in [4.69, 9.17) is 4.74 Å². The maximum Gasteiger partial charge on any atom is 0.322 e. The molecular formula is C23H23N3O3S. The van der Waals surface area contributed by atoms with Gasteiger partial charge in [0.2, 0.25) is 5.91 Å². The van der Waals surface area contributed by atoms with Crippen molar-refractivity contribution in [2.45, 2.75) is 12.8 Å². The molecule has 0 radical (unpaired) electrons. The molecule has 1 aromatic heterocycles. The Balaban J connectivity index is 1.32. The van der Waals surface area contributed by atoms with Gasteiger partial charge in [-0.25, -0.2) is 4.79 Å². The first-order valence-corrected chi connectivity index (χ1v) is 10.8. The zero-order chi connectivity index (χ0) is 20.8. The molecule has 0 spiro atoms. The van der Waals surface area contributed by atoms with Gasteiger partial charge >= 0.3 is 6.03 Å². The van der Waals surface area contributed by atoms with E-state index in [1.807, 2.05) is 72.1 Å². The predicted octanol–water partition coefficient (Wildman–Crippen LogP) is 5.42. The molecule has 30 heavy (non-hydrogen) atoms. The molecule has 3 aromatic rings. The number of para-hydroxylation sites is 3. The monoisotopic (exact) mass is 421 g/mol. The van der Waals surface area contributed by atoms with Gasteiger partial charge in [-0.15, -0.1) is 11.3 Å². The topological polar surface area (TPSA) is 70.7 Å². The van der Waals surface area contributed by atoms with Gasteiger partial charge in [-0.05, 0) is 54.6 Å². The van der Waals surface area contributed by atoms with Crippen LogP contribution in [-0.4, -0.2) is 29.9 Å². The number of carbonyl (C=O) groups is 2. The summed E-state index contributed by atoms with van der Waals surface area (Å²) in [7, 11) is 0. The van der Waals surface area contributed by atoms with Crippen LogP contribution in [0, 0.1) is 5.92 Å². The van der Waals surface area contributed by atoms with Crippen LogP contribution in [0.2, 0.25) is 0 Å². The lowest BCUT2D eigenvalue weighted by atomic mass is 9.96. The molecular weight excluding hydrogens is 398 g/mol. The third-order valence-electron chi connectivity index (χ3n) is 5.02. The lowest BCUT2D eigenvalue weighted by Crippen LogP contribution is -2.43. The normalized spacial score (nSPS) is 14.2. The molecule has 0 saturated carbocycles. The van der Waals surface area contributed by atoms with Crippen LogP contribution in [0.25, 0.3) is 0 Å². The van der Waals surface area contributed by atoms with Crippen LogP contribution >= 0.6 is 11.3 Å². The van der Waals surface area contributed by atoms with Crippen LogP contribution in [0.3, 0.4) is 0 Å². The first-order chi connectivity index (χ1) is 14.7. The minimum atomic E-state index is -0.138. The van der Waals surface area contributed by atoms with Crippen molar-refractivity contribution in [1.82, 2.24) is 4.90 Å². The fourth-order valence-electron chi connectivity index (χ4n) is 3.39. The number of urea groups is 1. The van der Waals surface area contributed by atoms with Gasteiger partial charge in [0.1, 0.15) is 5.75 Å². The molecule has 0 atom stereocenters. The highest BCUT2D eigenvalue weighted by Crippen LogP contribution is 2.30. The van der Waals surface area contributed by atoms with E-state index >= 15 is 0 Å². The predicted molar refractivity (Wildman–Crippen MR) is 119 cm³/mol. The van der Waals surface area contributed by atoms with E-state index in [-0.39, 0.29) is 17.9 Å². The third kappa shape index (κ3) is 4.99. The zero-order valence-corrected chi connectivity index (χ0v) is 17.2. The first kappa shape index (κ1) is 20.0. The first-order valence-electron chi connectivity index (χ1n) is 9.91. The largest absolute Gasteiger partial charge is 0.455 e. The fraction of sp³-hybridized carbons (Fsp3) is 0.217. The van der Waals surface area contributed by atoms with Gasteiger partial charge in [0, 0.05) is 19.0 Å². The van der Waals surface area contributed by atoms with Crippen molar-refractivity contribution in [3.05, 3.63) is 72.1 Å². The minimum Gasteiger partial charge on any atom is -0.455 e. The lowest BCUT2D eigenvalue weighted by molar-refractivity contribution is -0.121. The smallest absolute Gasteiger partial charge is 0.322 e. The third-order valence-corrected chi connectivity index (χ3v) is 5.81. The molecule has 0 unspecified atom stereocenters. The number of anilines is 2. The second-order valence-electron chi connectivity index (χ2n) is 7.07. The molecule has 4 rings (SSSR count). The second kappa shape index (κ2) is 9.45. The molecule has 1 saturated heterocycles. The van der Waals surface area contributed by atoms with E-state index < -0.39 is 0 Å². The fourth-order valence-corrected chi connectivity index (χ4v) is 4.00. The number of ether oxygens (including phenoxy) is 1. The van der Waals surface area contributed by atoms with E-state index in [0.717, 1.165) is 5.00 Å². The number of nitrogens with one attached hydrogen (secondary N) is 2.